The lowest BCUT2D eigenvalue weighted by Gasteiger charge is -2.21. The summed E-state index contributed by atoms with van der Waals surface area (Å²) in [6, 6.07) is 1.53. The van der Waals surface area contributed by atoms with Gasteiger partial charge < -0.3 is 26.0 Å². The van der Waals surface area contributed by atoms with Crippen molar-refractivity contribution in [2.24, 2.45) is 11.8 Å². The van der Waals surface area contributed by atoms with Crippen LogP contribution >= 0.6 is 11.3 Å². The van der Waals surface area contributed by atoms with Crippen molar-refractivity contribution < 1.29 is 15.3 Å². The van der Waals surface area contributed by atoms with E-state index in [1.807, 2.05) is 26.8 Å². The minimum atomic E-state index is -1.00. The lowest BCUT2D eigenvalue weighted by Crippen LogP contribution is -2.35. The fraction of sp³-hybridized carbons (Fsp3) is 0.565. The SMILES string of the molecule is Cc1cc2nc(-c3c(C)nc(NCC4CC4)nc3NC3CC(CO)C(O)C3O)sc2c(C)n1. The number of nitrogens with zero attached hydrogens (tertiary/aromatic N) is 4. The van der Waals surface area contributed by atoms with Crippen molar-refractivity contribution in [3.63, 3.8) is 0 Å². The van der Waals surface area contributed by atoms with Crippen molar-refractivity contribution in [2.45, 2.75) is 58.3 Å². The summed E-state index contributed by atoms with van der Waals surface area (Å²) in [5.41, 5.74) is 4.29. The van der Waals surface area contributed by atoms with E-state index in [1.165, 1.54) is 12.8 Å². The number of aromatic nitrogens is 4. The van der Waals surface area contributed by atoms with E-state index in [2.05, 4.69) is 15.6 Å². The molecule has 3 aromatic heterocycles. The summed E-state index contributed by atoms with van der Waals surface area (Å²) in [5, 5.41) is 37.9. The molecule has 33 heavy (non-hydrogen) atoms. The van der Waals surface area contributed by atoms with E-state index >= 15 is 0 Å². The Labute approximate surface area is 196 Å². The summed E-state index contributed by atoms with van der Waals surface area (Å²) >= 11 is 1.55. The van der Waals surface area contributed by atoms with Gasteiger partial charge in [0, 0.05) is 24.8 Å². The monoisotopic (exact) mass is 470 g/mol. The number of thiazole rings is 1. The summed E-state index contributed by atoms with van der Waals surface area (Å²) in [6.07, 6.45) is 0.905. The Kier molecular flexibility index (Phi) is 5.94. The van der Waals surface area contributed by atoms with Crippen molar-refractivity contribution in [2.75, 3.05) is 23.8 Å². The highest BCUT2D eigenvalue weighted by Gasteiger charge is 2.41. The number of aryl methyl sites for hydroxylation is 3. The lowest BCUT2D eigenvalue weighted by molar-refractivity contribution is 0.00446. The predicted octanol–water partition coefficient (Wildman–Crippen LogP) is 2.41. The summed E-state index contributed by atoms with van der Waals surface area (Å²) in [7, 11) is 0. The van der Waals surface area contributed by atoms with Gasteiger partial charge in [0.1, 0.15) is 16.9 Å². The molecule has 2 aliphatic carbocycles. The van der Waals surface area contributed by atoms with Crippen LogP contribution < -0.4 is 10.6 Å². The summed E-state index contributed by atoms with van der Waals surface area (Å²) in [4.78, 5) is 18.9. The lowest BCUT2D eigenvalue weighted by atomic mass is 10.1. The Hall–Kier alpha value is -2.40. The van der Waals surface area contributed by atoms with Crippen molar-refractivity contribution in [3.05, 3.63) is 23.1 Å². The normalized spacial score (nSPS) is 25.0. The van der Waals surface area contributed by atoms with E-state index < -0.39 is 18.2 Å². The molecule has 9 nitrogen and oxygen atoms in total. The van der Waals surface area contributed by atoms with E-state index in [4.69, 9.17) is 15.0 Å². The van der Waals surface area contributed by atoms with E-state index in [0.29, 0.717) is 24.1 Å². The van der Waals surface area contributed by atoms with Crippen LogP contribution in [0.4, 0.5) is 11.8 Å². The van der Waals surface area contributed by atoms with Crippen LogP contribution in [0.1, 0.15) is 36.3 Å². The number of aliphatic hydroxyl groups excluding tert-OH is 3. The standard InChI is InChI=1S/C23H30N6O3S/c1-10-6-16-20(12(3)25-10)33-22(28-16)17-11(2)26-23(24-8-13-4-5-13)29-21(17)27-15-7-14(9-30)18(31)19(15)32/h6,13-15,18-19,30-32H,4-5,7-9H2,1-3H3,(H2,24,26,27,29). The van der Waals surface area contributed by atoms with Gasteiger partial charge in [-0.2, -0.15) is 4.98 Å². The van der Waals surface area contributed by atoms with E-state index in [1.54, 1.807) is 11.3 Å². The number of hydrogen-bond acceptors (Lipinski definition) is 10. The van der Waals surface area contributed by atoms with Gasteiger partial charge in [-0.15, -0.1) is 11.3 Å². The van der Waals surface area contributed by atoms with E-state index in [0.717, 1.165) is 44.4 Å². The van der Waals surface area contributed by atoms with Crippen LogP contribution in [0.2, 0.25) is 0 Å². The Bertz CT molecular complexity index is 1180. The maximum Gasteiger partial charge on any atom is 0.224 e. The molecule has 0 aromatic carbocycles. The first-order valence-corrected chi connectivity index (χ1v) is 12.3. The Morgan fingerprint density at radius 1 is 1.03 bits per heavy atom. The third-order valence-electron chi connectivity index (χ3n) is 6.58. The van der Waals surface area contributed by atoms with Crippen LogP contribution in [-0.4, -0.2) is 66.7 Å². The summed E-state index contributed by atoms with van der Waals surface area (Å²) < 4.78 is 1.02. The van der Waals surface area contributed by atoms with E-state index in [-0.39, 0.29) is 12.5 Å². The molecular weight excluding hydrogens is 440 g/mol. The van der Waals surface area contributed by atoms with Gasteiger partial charge in [0.25, 0.3) is 0 Å². The molecule has 0 bridgehead atoms. The third-order valence-corrected chi connectivity index (χ3v) is 7.78. The second-order valence-electron chi connectivity index (χ2n) is 9.31. The van der Waals surface area contributed by atoms with Crippen LogP contribution in [0, 0.1) is 32.6 Å². The zero-order chi connectivity index (χ0) is 23.3. The van der Waals surface area contributed by atoms with Crippen LogP contribution in [0.3, 0.4) is 0 Å². The first-order chi connectivity index (χ1) is 15.8. The molecule has 3 heterocycles. The first kappa shape index (κ1) is 22.4. The fourth-order valence-electron chi connectivity index (χ4n) is 4.54. The second kappa shape index (κ2) is 8.75. The van der Waals surface area contributed by atoms with Crippen molar-refractivity contribution in [1.82, 2.24) is 19.9 Å². The molecule has 0 spiro atoms. The fourth-order valence-corrected chi connectivity index (χ4v) is 5.62. The topological polar surface area (TPSA) is 136 Å². The Morgan fingerprint density at radius 2 is 1.82 bits per heavy atom. The zero-order valence-corrected chi connectivity index (χ0v) is 19.9. The molecule has 4 unspecified atom stereocenters. The third kappa shape index (κ3) is 4.40. The van der Waals surface area contributed by atoms with Gasteiger partial charge in [0.2, 0.25) is 5.95 Å². The van der Waals surface area contributed by atoms with Crippen LogP contribution in [0.25, 0.3) is 20.8 Å². The Balaban J connectivity index is 1.55. The van der Waals surface area contributed by atoms with Crippen LogP contribution in [-0.2, 0) is 0 Å². The molecule has 176 valence electrons. The molecule has 3 aromatic rings. The minimum absolute atomic E-state index is 0.177. The molecular formula is C23H30N6O3S. The molecule has 2 saturated carbocycles. The van der Waals surface area contributed by atoms with Crippen LogP contribution in [0.5, 0.6) is 0 Å². The molecule has 0 saturated heterocycles. The van der Waals surface area contributed by atoms with Crippen LogP contribution in [0.15, 0.2) is 6.07 Å². The molecule has 0 radical (unpaired) electrons. The number of anilines is 2. The summed E-state index contributed by atoms with van der Waals surface area (Å²) in [6.45, 7) is 6.53. The molecule has 2 aliphatic rings. The van der Waals surface area contributed by atoms with Gasteiger partial charge in [0.05, 0.1) is 39.3 Å². The maximum absolute atomic E-state index is 10.6. The molecule has 4 atom stereocenters. The number of hydrogen-bond donors (Lipinski definition) is 5. The molecule has 5 rings (SSSR count). The Morgan fingerprint density at radius 3 is 2.52 bits per heavy atom. The number of aliphatic hydroxyl groups is 3. The first-order valence-electron chi connectivity index (χ1n) is 11.4. The van der Waals surface area contributed by atoms with Gasteiger partial charge in [-0.05, 0) is 52.0 Å². The maximum atomic E-state index is 10.6. The molecule has 0 aliphatic heterocycles. The zero-order valence-electron chi connectivity index (χ0n) is 19.0. The predicted molar refractivity (Wildman–Crippen MR) is 128 cm³/mol. The average molecular weight is 471 g/mol. The number of rotatable bonds is 7. The average Bonchev–Trinajstić information content (AvgIpc) is 3.45. The van der Waals surface area contributed by atoms with Gasteiger partial charge >= 0.3 is 0 Å². The highest BCUT2D eigenvalue weighted by Crippen LogP contribution is 2.39. The van der Waals surface area contributed by atoms with Gasteiger partial charge in [0.15, 0.2) is 0 Å². The smallest absolute Gasteiger partial charge is 0.224 e. The minimum Gasteiger partial charge on any atom is -0.396 e. The quantitative estimate of drug-likeness (QED) is 0.352. The van der Waals surface area contributed by atoms with Crippen molar-refractivity contribution in [1.29, 1.82) is 0 Å². The molecule has 5 N–H and O–H groups in total. The molecule has 0 amide bonds. The number of fused-ring (bicyclic) bond motifs is 1. The van der Waals surface area contributed by atoms with Gasteiger partial charge in [-0.25, -0.2) is 9.97 Å². The van der Waals surface area contributed by atoms with E-state index in [9.17, 15) is 15.3 Å². The highest BCUT2D eigenvalue weighted by atomic mass is 32.1. The largest absolute Gasteiger partial charge is 0.396 e. The molecule has 10 heteroatoms. The number of nitrogens with one attached hydrogen (secondary N) is 2. The van der Waals surface area contributed by atoms with Gasteiger partial charge in [-0.3, -0.25) is 4.98 Å². The molecule has 2 fully saturated rings. The van der Waals surface area contributed by atoms with Crippen molar-refractivity contribution in [3.8, 4) is 10.6 Å². The summed E-state index contributed by atoms with van der Waals surface area (Å²) in [5.74, 6) is 1.39. The van der Waals surface area contributed by atoms with Crippen molar-refractivity contribution >= 4 is 33.3 Å². The highest BCUT2D eigenvalue weighted by molar-refractivity contribution is 7.21. The number of pyridine rings is 1. The van der Waals surface area contributed by atoms with Gasteiger partial charge in [-0.1, -0.05) is 0 Å². The second-order valence-corrected chi connectivity index (χ2v) is 10.3.